The highest BCUT2D eigenvalue weighted by Crippen LogP contribution is 2.11. The van der Waals surface area contributed by atoms with E-state index in [-0.39, 0.29) is 5.69 Å². The second-order valence-corrected chi connectivity index (χ2v) is 3.78. The van der Waals surface area contributed by atoms with E-state index in [2.05, 4.69) is 30.1 Å². The first-order valence-electron chi connectivity index (χ1n) is 4.59. The van der Waals surface area contributed by atoms with Crippen LogP contribution < -0.4 is 16.6 Å². The molecule has 9 heteroatoms. The summed E-state index contributed by atoms with van der Waals surface area (Å²) >= 11 is 1.11. The molecular weight excluding hydrogens is 242 g/mol. The lowest BCUT2D eigenvalue weighted by Gasteiger charge is -2.01. The average molecular weight is 251 g/mol. The Morgan fingerprint density at radius 3 is 2.76 bits per heavy atom. The topological polar surface area (TPSA) is 119 Å². The zero-order valence-corrected chi connectivity index (χ0v) is 9.65. The van der Waals surface area contributed by atoms with Crippen LogP contribution in [-0.2, 0) is 0 Å². The summed E-state index contributed by atoms with van der Waals surface area (Å²) < 4.78 is 3.94. The van der Waals surface area contributed by atoms with Gasteiger partial charge in [0.25, 0.3) is 5.91 Å². The largest absolute Gasteiger partial charge is 0.307 e. The number of hydrogen-bond donors (Lipinski definition) is 3. The van der Waals surface area contributed by atoms with Crippen molar-refractivity contribution in [3.8, 4) is 0 Å². The second kappa shape index (κ2) is 4.80. The van der Waals surface area contributed by atoms with E-state index in [1.54, 1.807) is 6.92 Å². The number of hydrazine groups is 1. The van der Waals surface area contributed by atoms with Crippen LogP contribution in [0.5, 0.6) is 0 Å². The predicted molar refractivity (Wildman–Crippen MR) is 62.4 cm³/mol. The van der Waals surface area contributed by atoms with Crippen LogP contribution in [-0.4, -0.2) is 25.2 Å². The smallest absolute Gasteiger partial charge is 0.277 e. The number of nitrogens with one attached hydrogen (secondary N) is 2. The molecule has 0 aliphatic rings. The van der Waals surface area contributed by atoms with Crippen LogP contribution in [0.15, 0.2) is 12.4 Å². The summed E-state index contributed by atoms with van der Waals surface area (Å²) in [7, 11) is 0. The third-order valence-corrected chi connectivity index (χ3v) is 2.50. The Balaban J connectivity index is 2.09. The molecule has 0 unspecified atom stereocenters. The van der Waals surface area contributed by atoms with Crippen LogP contribution in [0.2, 0.25) is 0 Å². The number of rotatable bonds is 3. The van der Waals surface area contributed by atoms with Crippen molar-refractivity contribution in [3.63, 3.8) is 0 Å². The molecule has 17 heavy (non-hydrogen) atoms. The van der Waals surface area contributed by atoms with Crippen molar-refractivity contribution < 1.29 is 4.79 Å². The molecule has 4 N–H and O–H groups in total. The van der Waals surface area contributed by atoms with Gasteiger partial charge in [-0.25, -0.2) is 20.8 Å². The quantitative estimate of drug-likeness (QED) is 0.525. The summed E-state index contributed by atoms with van der Waals surface area (Å²) in [4.78, 5) is 23.5. The number of carbonyl (C=O) groups is 1. The van der Waals surface area contributed by atoms with Crippen molar-refractivity contribution in [1.29, 1.82) is 0 Å². The summed E-state index contributed by atoms with van der Waals surface area (Å²) in [5.41, 5.74) is 2.50. The van der Waals surface area contributed by atoms with Gasteiger partial charge in [0.05, 0.1) is 12.4 Å². The molecule has 0 saturated carbocycles. The van der Waals surface area contributed by atoms with Gasteiger partial charge in [0, 0.05) is 11.5 Å². The van der Waals surface area contributed by atoms with E-state index in [0.29, 0.717) is 16.8 Å². The molecule has 2 rings (SSSR count). The molecule has 0 saturated heterocycles. The zero-order valence-electron chi connectivity index (χ0n) is 8.84. The fraction of sp³-hybridized carbons (Fsp3) is 0.125. The number of nitrogens with zero attached hydrogens (tertiary/aromatic N) is 4. The maximum atomic E-state index is 11.7. The normalized spacial score (nSPS) is 10.0. The van der Waals surface area contributed by atoms with Gasteiger partial charge < -0.3 is 5.43 Å². The van der Waals surface area contributed by atoms with E-state index < -0.39 is 5.91 Å². The number of aryl methyl sites for hydroxylation is 1. The molecule has 0 fully saturated rings. The lowest BCUT2D eigenvalue weighted by atomic mass is 10.4. The van der Waals surface area contributed by atoms with E-state index in [9.17, 15) is 4.79 Å². The van der Waals surface area contributed by atoms with E-state index >= 15 is 0 Å². The fourth-order valence-corrected chi connectivity index (χ4v) is 1.60. The molecule has 2 aromatic heterocycles. The average Bonchev–Trinajstić information content (AvgIpc) is 2.75. The Labute approximate surface area is 100 Å². The molecule has 0 bridgehead atoms. The molecule has 0 radical (unpaired) electrons. The highest BCUT2D eigenvalue weighted by Gasteiger charge is 2.10. The Hall–Kier alpha value is -2.13. The van der Waals surface area contributed by atoms with Crippen molar-refractivity contribution in [2.24, 2.45) is 5.84 Å². The highest BCUT2D eigenvalue weighted by molar-refractivity contribution is 7.09. The summed E-state index contributed by atoms with van der Waals surface area (Å²) in [6, 6.07) is 0. The Kier molecular flexibility index (Phi) is 3.21. The summed E-state index contributed by atoms with van der Waals surface area (Å²) in [5.74, 6) is 5.73. The molecule has 1 amide bonds. The first-order chi connectivity index (χ1) is 8.19. The van der Waals surface area contributed by atoms with Crippen LogP contribution in [0.4, 0.5) is 10.9 Å². The van der Waals surface area contributed by atoms with Gasteiger partial charge in [-0.3, -0.25) is 10.1 Å². The Morgan fingerprint density at radius 2 is 2.24 bits per heavy atom. The predicted octanol–water partition coefficient (Wildman–Crippen LogP) is 0.174. The number of nitrogens with two attached hydrogens (primary N) is 1. The lowest BCUT2D eigenvalue weighted by Crippen LogP contribution is -2.15. The minimum absolute atomic E-state index is 0.178. The van der Waals surface area contributed by atoms with Gasteiger partial charge in [-0.05, 0) is 6.92 Å². The van der Waals surface area contributed by atoms with E-state index in [1.807, 2.05) is 0 Å². The molecule has 8 nitrogen and oxygen atoms in total. The number of aromatic nitrogens is 4. The number of anilines is 2. The summed E-state index contributed by atoms with van der Waals surface area (Å²) in [6.07, 6.45) is 2.68. The van der Waals surface area contributed by atoms with Gasteiger partial charge in [-0.1, -0.05) is 0 Å². The van der Waals surface area contributed by atoms with Crippen molar-refractivity contribution >= 4 is 28.4 Å². The maximum Gasteiger partial charge on any atom is 0.277 e. The van der Waals surface area contributed by atoms with Gasteiger partial charge in [-0.15, -0.1) is 0 Å². The molecule has 0 spiro atoms. The third kappa shape index (κ3) is 2.71. The van der Waals surface area contributed by atoms with Crippen molar-refractivity contribution in [3.05, 3.63) is 23.9 Å². The maximum absolute atomic E-state index is 11.7. The molecule has 0 aliphatic heterocycles. The van der Waals surface area contributed by atoms with Crippen LogP contribution >= 0.6 is 11.5 Å². The van der Waals surface area contributed by atoms with Crippen molar-refractivity contribution in [1.82, 2.24) is 19.3 Å². The van der Waals surface area contributed by atoms with E-state index in [4.69, 9.17) is 5.84 Å². The van der Waals surface area contributed by atoms with Gasteiger partial charge >= 0.3 is 0 Å². The molecule has 2 aromatic rings. The summed E-state index contributed by atoms with van der Waals surface area (Å²) in [5, 5.41) is 2.99. The molecule has 0 aromatic carbocycles. The van der Waals surface area contributed by atoms with Crippen molar-refractivity contribution in [2.45, 2.75) is 6.92 Å². The minimum Gasteiger partial charge on any atom is -0.307 e. The van der Waals surface area contributed by atoms with Crippen molar-refractivity contribution in [2.75, 3.05) is 10.7 Å². The van der Waals surface area contributed by atoms with Gasteiger partial charge in [0.2, 0.25) is 5.13 Å². The zero-order chi connectivity index (χ0) is 12.3. The van der Waals surface area contributed by atoms with Gasteiger partial charge in [0.1, 0.15) is 11.5 Å². The molecule has 88 valence electrons. The van der Waals surface area contributed by atoms with Crippen LogP contribution in [0.3, 0.4) is 0 Å². The molecule has 0 atom stereocenters. The monoisotopic (exact) mass is 251 g/mol. The van der Waals surface area contributed by atoms with Crippen LogP contribution in [0.1, 0.15) is 16.3 Å². The Morgan fingerprint density at radius 1 is 1.41 bits per heavy atom. The Bertz CT molecular complexity index is 523. The second-order valence-electron chi connectivity index (χ2n) is 3.03. The fourth-order valence-electron chi connectivity index (χ4n) is 1.03. The third-order valence-electron chi connectivity index (χ3n) is 1.78. The number of nitrogen functional groups attached to an aromatic ring is 1. The van der Waals surface area contributed by atoms with E-state index in [0.717, 1.165) is 11.5 Å². The molecular formula is C8H9N7OS. The van der Waals surface area contributed by atoms with Gasteiger partial charge in [-0.2, -0.15) is 4.37 Å². The number of hydrogen-bond acceptors (Lipinski definition) is 8. The SMILES string of the molecule is Cc1nsc(NC(=O)c2cnc(NN)cn2)n1. The minimum atomic E-state index is -0.391. The number of carbonyl (C=O) groups excluding carboxylic acids is 1. The highest BCUT2D eigenvalue weighted by atomic mass is 32.1. The molecule has 0 aliphatic carbocycles. The lowest BCUT2D eigenvalue weighted by molar-refractivity contribution is 0.102. The van der Waals surface area contributed by atoms with Crippen LogP contribution in [0.25, 0.3) is 0 Å². The van der Waals surface area contributed by atoms with Crippen LogP contribution in [0, 0.1) is 6.92 Å². The molecule has 2 heterocycles. The first kappa shape index (κ1) is 11.4. The summed E-state index contributed by atoms with van der Waals surface area (Å²) in [6.45, 7) is 1.74. The van der Waals surface area contributed by atoms with E-state index in [1.165, 1.54) is 12.4 Å². The van der Waals surface area contributed by atoms with Gasteiger partial charge in [0.15, 0.2) is 5.82 Å². The standard InChI is InChI=1S/C8H9N7OS/c1-4-12-8(17-15-4)13-7(16)5-2-11-6(14-9)3-10-5/h2-3H,9H2,1H3,(H,11,14)(H,12,13,15,16). The number of amides is 1. The first-order valence-corrected chi connectivity index (χ1v) is 5.36.